The van der Waals surface area contributed by atoms with Gasteiger partial charge in [0.25, 0.3) is 0 Å². The first kappa shape index (κ1) is 17.6. The second-order valence-electron chi connectivity index (χ2n) is 5.62. The van der Waals surface area contributed by atoms with Gasteiger partial charge in [-0.05, 0) is 19.4 Å². The number of nitrogens with zero attached hydrogens (tertiary/aromatic N) is 4. The Morgan fingerprint density at radius 1 is 1.24 bits per heavy atom. The van der Waals surface area contributed by atoms with Crippen LogP contribution < -0.4 is 5.32 Å². The van der Waals surface area contributed by atoms with Crippen molar-refractivity contribution in [2.24, 2.45) is 7.05 Å². The van der Waals surface area contributed by atoms with Gasteiger partial charge in [0.05, 0.1) is 11.4 Å². The van der Waals surface area contributed by atoms with Crippen LogP contribution in [0.2, 0.25) is 0 Å². The molecule has 6 nitrogen and oxygen atoms in total. The average molecular weight is 374 g/mol. The molecule has 0 aliphatic rings. The number of aryl methyl sites for hydroxylation is 2. The van der Waals surface area contributed by atoms with Crippen molar-refractivity contribution >= 4 is 34.1 Å². The minimum absolute atomic E-state index is 0.0913. The van der Waals surface area contributed by atoms with E-state index in [0.717, 1.165) is 28.0 Å². The summed E-state index contributed by atoms with van der Waals surface area (Å²) >= 11 is 2.86. The third-order valence-electron chi connectivity index (χ3n) is 3.74. The number of thioether (sulfide) groups is 1. The molecule has 25 heavy (non-hydrogen) atoms. The number of nitrogens with one attached hydrogen (secondary N) is 1. The zero-order valence-electron chi connectivity index (χ0n) is 14.3. The molecule has 2 heterocycles. The van der Waals surface area contributed by atoms with Gasteiger partial charge in [-0.15, -0.1) is 21.5 Å². The normalized spacial score (nSPS) is 10.8. The quantitative estimate of drug-likeness (QED) is 0.672. The third kappa shape index (κ3) is 4.46. The maximum absolute atomic E-state index is 12.1. The highest BCUT2D eigenvalue weighted by atomic mass is 32.2. The van der Waals surface area contributed by atoms with E-state index in [1.807, 2.05) is 43.7 Å². The minimum atomic E-state index is -0.0913. The van der Waals surface area contributed by atoms with Crippen molar-refractivity contribution in [2.75, 3.05) is 11.1 Å². The standard InChI is InChI=1S/C17H19N5OS2/c1-11-12(2)25-16(18-11)19-15(23)10-24-17-21-20-14(22(17)3)9-13-7-5-4-6-8-13/h4-8H,9-10H2,1-3H3,(H,18,19,23). The molecule has 0 aliphatic carbocycles. The van der Waals surface area contributed by atoms with Gasteiger partial charge in [0.1, 0.15) is 5.82 Å². The fourth-order valence-corrected chi connectivity index (χ4v) is 3.78. The highest BCUT2D eigenvalue weighted by molar-refractivity contribution is 7.99. The number of carbonyl (C=O) groups is 1. The number of hydrogen-bond donors (Lipinski definition) is 1. The monoisotopic (exact) mass is 373 g/mol. The van der Waals surface area contributed by atoms with Crippen LogP contribution in [0.1, 0.15) is 22.0 Å². The third-order valence-corrected chi connectivity index (χ3v) is 5.75. The van der Waals surface area contributed by atoms with Gasteiger partial charge in [-0.25, -0.2) is 4.98 Å². The molecule has 0 fully saturated rings. The largest absolute Gasteiger partial charge is 0.309 e. The van der Waals surface area contributed by atoms with Gasteiger partial charge in [0.2, 0.25) is 5.91 Å². The van der Waals surface area contributed by atoms with Gasteiger partial charge in [-0.3, -0.25) is 4.79 Å². The summed E-state index contributed by atoms with van der Waals surface area (Å²) in [6.07, 6.45) is 0.717. The fourth-order valence-electron chi connectivity index (χ4n) is 2.21. The Labute approximate surface area is 154 Å². The lowest BCUT2D eigenvalue weighted by Crippen LogP contribution is -2.14. The summed E-state index contributed by atoms with van der Waals surface area (Å²) in [6, 6.07) is 10.1. The molecule has 0 radical (unpaired) electrons. The predicted octanol–water partition coefficient (Wildman–Crippen LogP) is 3.21. The molecule has 3 rings (SSSR count). The SMILES string of the molecule is Cc1nc(NC(=O)CSc2nnc(Cc3ccccc3)n2C)sc1C. The van der Waals surface area contributed by atoms with E-state index in [0.29, 0.717) is 5.13 Å². The number of thiazole rings is 1. The van der Waals surface area contributed by atoms with Crippen molar-refractivity contribution in [1.82, 2.24) is 19.7 Å². The minimum Gasteiger partial charge on any atom is -0.309 e. The molecule has 0 unspecified atom stereocenters. The molecular formula is C17H19N5OS2. The molecule has 1 N–H and O–H groups in total. The lowest BCUT2D eigenvalue weighted by Gasteiger charge is -2.04. The Hall–Kier alpha value is -2.19. The average Bonchev–Trinajstić information content (AvgIpc) is 3.09. The van der Waals surface area contributed by atoms with Crippen LogP contribution >= 0.6 is 23.1 Å². The lowest BCUT2D eigenvalue weighted by atomic mass is 10.1. The topological polar surface area (TPSA) is 72.7 Å². The molecule has 0 spiro atoms. The van der Waals surface area contributed by atoms with Crippen LogP contribution in [0.4, 0.5) is 5.13 Å². The molecule has 0 aliphatic heterocycles. The first-order valence-electron chi connectivity index (χ1n) is 7.82. The van der Waals surface area contributed by atoms with E-state index in [2.05, 4.69) is 32.6 Å². The Morgan fingerprint density at radius 2 is 2.00 bits per heavy atom. The molecule has 1 aromatic carbocycles. The van der Waals surface area contributed by atoms with Gasteiger partial charge >= 0.3 is 0 Å². The number of hydrogen-bond acceptors (Lipinski definition) is 6. The van der Waals surface area contributed by atoms with E-state index >= 15 is 0 Å². The maximum Gasteiger partial charge on any atom is 0.236 e. The van der Waals surface area contributed by atoms with Crippen molar-refractivity contribution in [2.45, 2.75) is 25.4 Å². The van der Waals surface area contributed by atoms with E-state index in [-0.39, 0.29) is 11.7 Å². The summed E-state index contributed by atoms with van der Waals surface area (Å²) in [5.74, 6) is 1.06. The summed E-state index contributed by atoms with van der Waals surface area (Å²) in [6.45, 7) is 3.93. The van der Waals surface area contributed by atoms with Crippen molar-refractivity contribution in [3.63, 3.8) is 0 Å². The van der Waals surface area contributed by atoms with Crippen LogP contribution in [0.15, 0.2) is 35.5 Å². The Morgan fingerprint density at radius 3 is 2.68 bits per heavy atom. The number of benzene rings is 1. The van der Waals surface area contributed by atoms with Gasteiger partial charge in [0.15, 0.2) is 10.3 Å². The fraction of sp³-hybridized carbons (Fsp3) is 0.294. The smallest absolute Gasteiger partial charge is 0.236 e. The van der Waals surface area contributed by atoms with Gasteiger partial charge in [-0.1, -0.05) is 42.1 Å². The maximum atomic E-state index is 12.1. The van der Waals surface area contributed by atoms with Crippen LogP contribution in [-0.4, -0.2) is 31.4 Å². The molecule has 0 atom stereocenters. The van der Waals surface area contributed by atoms with E-state index in [4.69, 9.17) is 0 Å². The predicted molar refractivity (Wildman–Crippen MR) is 101 cm³/mol. The zero-order chi connectivity index (χ0) is 17.8. The Balaban J connectivity index is 1.57. The number of amides is 1. The lowest BCUT2D eigenvalue weighted by molar-refractivity contribution is -0.113. The zero-order valence-corrected chi connectivity index (χ0v) is 15.9. The van der Waals surface area contributed by atoms with Crippen LogP contribution in [0.5, 0.6) is 0 Å². The van der Waals surface area contributed by atoms with E-state index in [1.54, 1.807) is 0 Å². The molecule has 2 aromatic heterocycles. The van der Waals surface area contributed by atoms with Crippen LogP contribution in [-0.2, 0) is 18.3 Å². The molecule has 3 aromatic rings. The highest BCUT2D eigenvalue weighted by Crippen LogP contribution is 2.22. The van der Waals surface area contributed by atoms with Crippen LogP contribution in [0.25, 0.3) is 0 Å². The molecule has 0 bridgehead atoms. The second kappa shape index (κ2) is 7.79. The van der Waals surface area contributed by atoms with E-state index < -0.39 is 0 Å². The molecule has 1 amide bonds. The number of rotatable bonds is 6. The van der Waals surface area contributed by atoms with Crippen molar-refractivity contribution in [3.8, 4) is 0 Å². The van der Waals surface area contributed by atoms with Crippen LogP contribution in [0, 0.1) is 13.8 Å². The number of aromatic nitrogens is 4. The first-order valence-corrected chi connectivity index (χ1v) is 9.62. The van der Waals surface area contributed by atoms with Gasteiger partial charge in [0, 0.05) is 18.3 Å². The van der Waals surface area contributed by atoms with E-state index in [1.165, 1.54) is 28.7 Å². The summed E-state index contributed by atoms with van der Waals surface area (Å²) in [7, 11) is 1.92. The highest BCUT2D eigenvalue weighted by Gasteiger charge is 2.13. The number of carbonyl (C=O) groups excluding carboxylic acids is 1. The van der Waals surface area contributed by atoms with Gasteiger partial charge < -0.3 is 9.88 Å². The summed E-state index contributed by atoms with van der Waals surface area (Å²) in [5, 5.41) is 12.6. The molecular weight excluding hydrogens is 354 g/mol. The molecule has 8 heteroatoms. The molecule has 0 saturated carbocycles. The molecule has 0 saturated heterocycles. The summed E-state index contributed by atoms with van der Waals surface area (Å²) in [5.41, 5.74) is 2.13. The first-order chi connectivity index (χ1) is 12.0. The Kier molecular flexibility index (Phi) is 5.50. The molecule has 130 valence electrons. The second-order valence-corrected chi connectivity index (χ2v) is 7.76. The van der Waals surface area contributed by atoms with Crippen LogP contribution in [0.3, 0.4) is 0 Å². The van der Waals surface area contributed by atoms with Crippen molar-refractivity contribution < 1.29 is 4.79 Å². The summed E-state index contributed by atoms with van der Waals surface area (Å²) in [4.78, 5) is 17.5. The van der Waals surface area contributed by atoms with Gasteiger partial charge in [-0.2, -0.15) is 0 Å². The van der Waals surface area contributed by atoms with E-state index in [9.17, 15) is 4.79 Å². The summed E-state index contributed by atoms with van der Waals surface area (Å²) < 4.78 is 1.93. The van der Waals surface area contributed by atoms with Crippen molar-refractivity contribution in [3.05, 3.63) is 52.3 Å². The Bertz CT molecular complexity index is 853. The number of anilines is 1. The van der Waals surface area contributed by atoms with Crippen molar-refractivity contribution in [1.29, 1.82) is 0 Å².